The summed E-state index contributed by atoms with van der Waals surface area (Å²) in [5.74, 6) is -0.0121. The molecule has 0 saturated heterocycles. The smallest absolute Gasteiger partial charge is 0.416 e. The van der Waals surface area contributed by atoms with Gasteiger partial charge in [-0.05, 0) is 61.6 Å². The summed E-state index contributed by atoms with van der Waals surface area (Å²) in [5, 5.41) is 0. The van der Waals surface area contributed by atoms with Crippen LogP contribution in [0.2, 0.25) is 0 Å². The molecule has 0 heterocycles. The highest BCUT2D eigenvalue weighted by atomic mass is 19.4. The van der Waals surface area contributed by atoms with Crippen LogP contribution in [0, 0.1) is 5.82 Å². The molecule has 0 N–H and O–H groups in total. The van der Waals surface area contributed by atoms with E-state index in [0.29, 0.717) is 16.9 Å². The van der Waals surface area contributed by atoms with Gasteiger partial charge in [-0.3, -0.25) is 0 Å². The van der Waals surface area contributed by atoms with Gasteiger partial charge >= 0.3 is 6.18 Å². The van der Waals surface area contributed by atoms with Gasteiger partial charge in [0.2, 0.25) is 0 Å². The van der Waals surface area contributed by atoms with Gasteiger partial charge in [0.25, 0.3) is 0 Å². The molecule has 1 aliphatic rings. The molecule has 0 spiro atoms. The Bertz CT molecular complexity index is 686. The van der Waals surface area contributed by atoms with Gasteiger partial charge in [0.1, 0.15) is 11.6 Å². The number of hydrogen-bond donors (Lipinski definition) is 0. The molecular formula is C19H18F4O. The fourth-order valence-electron chi connectivity index (χ4n) is 3.03. The Morgan fingerprint density at radius 3 is 2.17 bits per heavy atom. The van der Waals surface area contributed by atoms with Crippen LogP contribution in [0.25, 0.3) is 11.1 Å². The molecule has 1 fully saturated rings. The van der Waals surface area contributed by atoms with Crippen molar-refractivity contribution in [1.82, 2.24) is 0 Å². The molecule has 3 rings (SSSR count). The Balaban J connectivity index is 1.98. The lowest BCUT2D eigenvalue weighted by Crippen LogP contribution is -2.20. The van der Waals surface area contributed by atoms with E-state index in [0.717, 1.165) is 44.2 Å². The number of ether oxygens (including phenoxy) is 1. The predicted molar refractivity (Wildman–Crippen MR) is 84.3 cm³/mol. The SMILES string of the molecule is Fc1ccc(-c2cc(C(F)(F)F)ccc2OC2CCCCC2)cc1. The van der Waals surface area contributed by atoms with E-state index in [9.17, 15) is 17.6 Å². The van der Waals surface area contributed by atoms with E-state index in [2.05, 4.69) is 0 Å². The predicted octanol–water partition coefficient (Wildman–Crippen LogP) is 6.22. The van der Waals surface area contributed by atoms with Crippen LogP contribution < -0.4 is 4.74 Å². The minimum Gasteiger partial charge on any atom is -0.490 e. The minimum absolute atomic E-state index is 0.0229. The van der Waals surface area contributed by atoms with Crippen molar-refractivity contribution >= 4 is 0 Å². The van der Waals surface area contributed by atoms with Crippen LogP contribution in [0.4, 0.5) is 17.6 Å². The first kappa shape index (κ1) is 16.8. The molecule has 128 valence electrons. The minimum atomic E-state index is -4.43. The average Bonchev–Trinajstić information content (AvgIpc) is 2.56. The summed E-state index contributed by atoms with van der Waals surface area (Å²) < 4.78 is 58.2. The third-order valence-electron chi connectivity index (χ3n) is 4.31. The summed E-state index contributed by atoms with van der Waals surface area (Å²) in [5.41, 5.74) is 0.113. The van der Waals surface area contributed by atoms with Crippen LogP contribution in [0.15, 0.2) is 42.5 Å². The summed E-state index contributed by atoms with van der Waals surface area (Å²) in [6.07, 6.45) is 0.701. The average molecular weight is 338 g/mol. The van der Waals surface area contributed by atoms with Crippen molar-refractivity contribution in [3.63, 3.8) is 0 Å². The summed E-state index contributed by atoms with van der Waals surface area (Å²) in [7, 11) is 0. The lowest BCUT2D eigenvalue weighted by atomic mass is 9.97. The number of rotatable bonds is 3. The third-order valence-corrected chi connectivity index (χ3v) is 4.31. The highest BCUT2D eigenvalue weighted by Gasteiger charge is 2.31. The number of halogens is 4. The summed E-state index contributed by atoms with van der Waals surface area (Å²) >= 11 is 0. The molecular weight excluding hydrogens is 320 g/mol. The third kappa shape index (κ3) is 3.89. The zero-order chi connectivity index (χ0) is 17.2. The van der Waals surface area contributed by atoms with Crippen molar-refractivity contribution in [3.05, 3.63) is 53.8 Å². The lowest BCUT2D eigenvalue weighted by Gasteiger charge is -2.25. The Kier molecular flexibility index (Phi) is 4.78. The van der Waals surface area contributed by atoms with E-state index in [4.69, 9.17) is 4.74 Å². The maximum atomic E-state index is 13.1. The summed E-state index contributed by atoms with van der Waals surface area (Å²) in [6, 6.07) is 8.89. The molecule has 24 heavy (non-hydrogen) atoms. The number of hydrogen-bond acceptors (Lipinski definition) is 1. The zero-order valence-electron chi connectivity index (χ0n) is 13.1. The monoisotopic (exact) mass is 338 g/mol. The molecule has 0 aromatic heterocycles. The van der Waals surface area contributed by atoms with Gasteiger partial charge in [0, 0.05) is 5.56 Å². The van der Waals surface area contributed by atoms with Gasteiger partial charge in [-0.15, -0.1) is 0 Å². The van der Waals surface area contributed by atoms with Crippen molar-refractivity contribution in [2.75, 3.05) is 0 Å². The zero-order valence-corrected chi connectivity index (χ0v) is 13.1. The highest BCUT2D eigenvalue weighted by Crippen LogP contribution is 2.38. The quantitative estimate of drug-likeness (QED) is 0.603. The van der Waals surface area contributed by atoms with E-state index >= 15 is 0 Å². The Labute approximate surface area is 138 Å². The molecule has 0 atom stereocenters. The van der Waals surface area contributed by atoms with E-state index < -0.39 is 17.6 Å². The van der Waals surface area contributed by atoms with Crippen LogP contribution in [0.5, 0.6) is 5.75 Å². The maximum Gasteiger partial charge on any atom is 0.416 e. The molecule has 0 bridgehead atoms. The van der Waals surface area contributed by atoms with Crippen molar-refractivity contribution in [2.24, 2.45) is 0 Å². The molecule has 1 saturated carbocycles. The first-order chi connectivity index (χ1) is 11.4. The lowest BCUT2D eigenvalue weighted by molar-refractivity contribution is -0.137. The molecule has 0 radical (unpaired) electrons. The van der Waals surface area contributed by atoms with Crippen LogP contribution >= 0.6 is 0 Å². The molecule has 2 aromatic carbocycles. The standard InChI is InChI=1S/C19H18F4O/c20-15-9-6-13(7-10-15)17-12-14(19(21,22)23)8-11-18(17)24-16-4-2-1-3-5-16/h6-12,16H,1-5H2. The second kappa shape index (κ2) is 6.83. The second-order valence-electron chi connectivity index (χ2n) is 6.09. The van der Waals surface area contributed by atoms with E-state index in [1.165, 1.54) is 30.3 Å². The second-order valence-corrected chi connectivity index (χ2v) is 6.09. The Hall–Kier alpha value is -2.04. The number of alkyl halides is 3. The Morgan fingerprint density at radius 2 is 1.54 bits per heavy atom. The topological polar surface area (TPSA) is 9.23 Å². The number of benzene rings is 2. The summed E-state index contributed by atoms with van der Waals surface area (Å²) in [6.45, 7) is 0. The largest absolute Gasteiger partial charge is 0.490 e. The first-order valence-corrected chi connectivity index (χ1v) is 8.07. The van der Waals surface area contributed by atoms with E-state index in [1.54, 1.807) is 0 Å². The molecule has 1 nitrogen and oxygen atoms in total. The normalized spacial score (nSPS) is 16.2. The molecule has 0 aliphatic heterocycles. The van der Waals surface area contributed by atoms with Crippen molar-refractivity contribution in [2.45, 2.75) is 44.4 Å². The first-order valence-electron chi connectivity index (χ1n) is 8.07. The van der Waals surface area contributed by atoms with Crippen molar-refractivity contribution in [3.8, 4) is 16.9 Å². The molecule has 0 amide bonds. The van der Waals surface area contributed by atoms with Crippen molar-refractivity contribution in [1.29, 1.82) is 0 Å². The van der Waals surface area contributed by atoms with Crippen LogP contribution in [-0.2, 0) is 6.18 Å². The van der Waals surface area contributed by atoms with E-state index in [-0.39, 0.29) is 6.10 Å². The van der Waals surface area contributed by atoms with Crippen LogP contribution in [0.1, 0.15) is 37.7 Å². The van der Waals surface area contributed by atoms with Gasteiger partial charge in [0.15, 0.2) is 0 Å². The van der Waals surface area contributed by atoms with Gasteiger partial charge in [-0.1, -0.05) is 18.6 Å². The summed E-state index contributed by atoms with van der Waals surface area (Å²) in [4.78, 5) is 0. The van der Waals surface area contributed by atoms with Crippen LogP contribution in [-0.4, -0.2) is 6.10 Å². The fourth-order valence-corrected chi connectivity index (χ4v) is 3.03. The van der Waals surface area contributed by atoms with Gasteiger partial charge in [-0.2, -0.15) is 13.2 Å². The van der Waals surface area contributed by atoms with Crippen molar-refractivity contribution < 1.29 is 22.3 Å². The molecule has 2 aromatic rings. The van der Waals surface area contributed by atoms with Gasteiger partial charge in [0.05, 0.1) is 11.7 Å². The fraction of sp³-hybridized carbons (Fsp3) is 0.368. The molecule has 5 heteroatoms. The van der Waals surface area contributed by atoms with E-state index in [1.807, 2.05) is 0 Å². The molecule has 1 aliphatic carbocycles. The van der Waals surface area contributed by atoms with Gasteiger partial charge < -0.3 is 4.74 Å². The van der Waals surface area contributed by atoms with Crippen LogP contribution in [0.3, 0.4) is 0 Å². The molecule has 0 unspecified atom stereocenters. The van der Waals surface area contributed by atoms with Gasteiger partial charge in [-0.25, -0.2) is 4.39 Å². The maximum absolute atomic E-state index is 13.1. The Morgan fingerprint density at radius 1 is 0.875 bits per heavy atom. The highest BCUT2D eigenvalue weighted by molar-refractivity contribution is 5.71.